The van der Waals surface area contributed by atoms with E-state index in [0.717, 1.165) is 58.7 Å². The highest BCUT2D eigenvalue weighted by Crippen LogP contribution is 2.39. The van der Waals surface area contributed by atoms with Gasteiger partial charge in [0.1, 0.15) is 0 Å². The number of rotatable bonds is 11. The van der Waals surface area contributed by atoms with Crippen LogP contribution in [-0.4, -0.2) is 63.0 Å². The number of carbonyl (C=O) groups is 1. The van der Waals surface area contributed by atoms with Crippen molar-refractivity contribution in [1.29, 1.82) is 0 Å². The van der Waals surface area contributed by atoms with E-state index >= 15 is 0 Å². The molecule has 0 saturated carbocycles. The lowest BCUT2D eigenvalue weighted by molar-refractivity contribution is 0.102. The maximum absolute atomic E-state index is 13.7. The molecule has 5 rings (SSSR count). The van der Waals surface area contributed by atoms with Crippen molar-refractivity contribution in [2.24, 2.45) is 0 Å². The van der Waals surface area contributed by atoms with Crippen molar-refractivity contribution in [3.8, 4) is 11.4 Å². The minimum absolute atomic E-state index is 0.216. The first-order chi connectivity index (χ1) is 22.6. The van der Waals surface area contributed by atoms with E-state index in [1.165, 1.54) is 7.11 Å². The number of sulfonamides is 1. The summed E-state index contributed by atoms with van der Waals surface area (Å²) in [7, 11) is 1.92. The van der Waals surface area contributed by atoms with Crippen molar-refractivity contribution < 1.29 is 17.9 Å². The Hall–Kier alpha value is -4.85. The Kier molecular flexibility index (Phi) is 9.85. The molecule has 0 radical (unpaired) electrons. The molecule has 0 fully saturated rings. The number of hydrazine groups is 2. The number of aryl methyl sites for hydroxylation is 1. The highest BCUT2D eigenvalue weighted by atomic mass is 32.2. The van der Waals surface area contributed by atoms with Gasteiger partial charge in [0.05, 0.1) is 53.7 Å². The van der Waals surface area contributed by atoms with E-state index in [2.05, 4.69) is 25.9 Å². The zero-order chi connectivity index (χ0) is 34.8. The summed E-state index contributed by atoms with van der Waals surface area (Å²) in [6.45, 7) is 8.84. The van der Waals surface area contributed by atoms with Crippen molar-refractivity contribution >= 4 is 38.7 Å². The van der Waals surface area contributed by atoms with Crippen LogP contribution >= 0.6 is 0 Å². The lowest BCUT2D eigenvalue weighted by Gasteiger charge is -2.24. The second-order valence-electron chi connectivity index (χ2n) is 13.1. The van der Waals surface area contributed by atoms with E-state index in [4.69, 9.17) is 9.84 Å². The zero-order valence-corrected chi connectivity index (χ0v) is 29.5. The number of para-hydroxylation sites is 1. The van der Waals surface area contributed by atoms with Crippen LogP contribution in [0.1, 0.15) is 53.5 Å². The molecule has 0 aliphatic carbocycles. The first-order valence-electron chi connectivity index (χ1n) is 15.6. The molecule has 3 aromatic carbocycles. The first kappa shape index (κ1) is 34.5. The molecule has 1 aliphatic heterocycles. The molecule has 1 aliphatic rings. The predicted molar refractivity (Wildman–Crippen MR) is 192 cm³/mol. The maximum Gasteiger partial charge on any atom is 0.255 e. The van der Waals surface area contributed by atoms with Crippen LogP contribution in [0.3, 0.4) is 0 Å². The Morgan fingerprint density at radius 1 is 1.04 bits per heavy atom. The average Bonchev–Trinajstić information content (AvgIpc) is 3.67. The highest BCUT2D eigenvalue weighted by molar-refractivity contribution is 7.92. The van der Waals surface area contributed by atoms with Gasteiger partial charge in [-0.1, -0.05) is 45.0 Å². The second kappa shape index (κ2) is 13.7. The van der Waals surface area contributed by atoms with Crippen LogP contribution in [0.4, 0.5) is 17.1 Å². The lowest BCUT2D eigenvalue weighted by Crippen LogP contribution is -2.36. The topological polar surface area (TPSA) is 133 Å². The third-order valence-electron chi connectivity index (χ3n) is 7.96. The molecule has 254 valence electrons. The van der Waals surface area contributed by atoms with Crippen LogP contribution in [0.15, 0.2) is 73.1 Å². The molecule has 4 aromatic rings. The zero-order valence-electron chi connectivity index (χ0n) is 28.7. The molecule has 12 nitrogen and oxygen atoms in total. The Labute approximate surface area is 282 Å². The fourth-order valence-electron chi connectivity index (χ4n) is 5.40. The normalized spacial score (nSPS) is 13.4. The molecule has 48 heavy (non-hydrogen) atoms. The van der Waals surface area contributed by atoms with Gasteiger partial charge in [0.15, 0.2) is 5.75 Å². The number of ether oxygens (including phenoxy) is 1. The van der Waals surface area contributed by atoms with E-state index in [-0.39, 0.29) is 22.8 Å². The molecule has 0 unspecified atom stereocenters. The minimum Gasteiger partial charge on any atom is -0.492 e. The Balaban J connectivity index is 1.46. The SMILES string of the molecule is COc1c(NC(=O)c2ccc(C)c(N3C=C(c4cnn(-c5ccccc5)c4CCN(C)C)NN3)c2)cc(C(C)(C)C)cc1NS(C)(=O)=O. The number of nitrogens with zero attached hydrogens (tertiary/aromatic N) is 4. The number of hydrogen-bond acceptors (Lipinski definition) is 9. The summed E-state index contributed by atoms with van der Waals surface area (Å²) >= 11 is 0. The number of nitrogens with one attached hydrogen (secondary N) is 4. The van der Waals surface area contributed by atoms with Crippen LogP contribution < -0.4 is 30.7 Å². The Morgan fingerprint density at radius 3 is 2.40 bits per heavy atom. The molecule has 0 spiro atoms. The molecule has 13 heteroatoms. The Bertz CT molecular complexity index is 1950. The number of anilines is 3. The van der Waals surface area contributed by atoms with Crippen LogP contribution in [0.5, 0.6) is 5.75 Å². The van der Waals surface area contributed by atoms with Crippen molar-refractivity contribution in [2.45, 2.75) is 39.5 Å². The summed E-state index contributed by atoms with van der Waals surface area (Å²) in [5, 5.41) is 9.53. The van der Waals surface area contributed by atoms with Crippen molar-refractivity contribution in [3.63, 3.8) is 0 Å². The highest BCUT2D eigenvalue weighted by Gasteiger charge is 2.25. The molecule has 0 bridgehead atoms. The molecule has 2 heterocycles. The molecule has 0 atom stereocenters. The monoisotopic (exact) mass is 672 g/mol. The standard InChI is InChI=1S/C35H44N8O4S/c1-23-14-15-24(34(44)37-28-19-25(35(2,3)4)20-29(33(28)47-7)39-48(8,45)46)18-32(23)42-22-30(38-40-42)27-21-36-43(26-12-10-9-11-13-26)31(27)16-17-41(5)6/h9-15,18-22,38-40H,16-17H2,1-8H3,(H,37,44). The van der Waals surface area contributed by atoms with Gasteiger partial charge in [-0.05, 0) is 74.0 Å². The van der Waals surface area contributed by atoms with E-state index in [1.807, 2.05) is 106 Å². The smallest absolute Gasteiger partial charge is 0.255 e. The van der Waals surface area contributed by atoms with E-state index < -0.39 is 10.0 Å². The molecule has 4 N–H and O–H groups in total. The van der Waals surface area contributed by atoms with Crippen LogP contribution in [0, 0.1) is 6.92 Å². The van der Waals surface area contributed by atoms with Crippen LogP contribution in [0.25, 0.3) is 11.4 Å². The minimum atomic E-state index is -3.61. The van der Waals surface area contributed by atoms with Gasteiger partial charge in [-0.15, -0.1) is 5.53 Å². The fraction of sp³-hybridized carbons (Fsp3) is 0.314. The predicted octanol–water partition coefficient (Wildman–Crippen LogP) is 5.04. The van der Waals surface area contributed by atoms with Gasteiger partial charge in [0.25, 0.3) is 5.91 Å². The van der Waals surface area contributed by atoms with Crippen molar-refractivity contribution in [1.82, 2.24) is 25.6 Å². The van der Waals surface area contributed by atoms with E-state index in [0.29, 0.717) is 11.3 Å². The van der Waals surface area contributed by atoms with Crippen molar-refractivity contribution in [3.05, 3.63) is 101 Å². The summed E-state index contributed by atoms with van der Waals surface area (Å²) in [6.07, 6.45) is 5.68. The average molecular weight is 673 g/mol. The van der Waals surface area contributed by atoms with Gasteiger partial charge < -0.3 is 20.4 Å². The van der Waals surface area contributed by atoms with Gasteiger partial charge in [-0.25, -0.2) is 13.1 Å². The van der Waals surface area contributed by atoms with Gasteiger partial charge in [-0.2, -0.15) is 5.10 Å². The Morgan fingerprint density at radius 2 is 1.75 bits per heavy atom. The fourth-order valence-corrected chi connectivity index (χ4v) is 5.95. The van der Waals surface area contributed by atoms with Crippen molar-refractivity contribution in [2.75, 3.05) is 49.1 Å². The van der Waals surface area contributed by atoms with Crippen LogP contribution in [0.2, 0.25) is 0 Å². The molecular formula is C35H44N8O4S. The lowest BCUT2D eigenvalue weighted by atomic mass is 9.86. The third kappa shape index (κ3) is 7.81. The van der Waals surface area contributed by atoms with E-state index in [9.17, 15) is 13.2 Å². The summed E-state index contributed by atoms with van der Waals surface area (Å²) in [6, 6.07) is 19.0. The van der Waals surface area contributed by atoms with Gasteiger partial charge >= 0.3 is 0 Å². The molecule has 1 amide bonds. The maximum atomic E-state index is 13.7. The number of amides is 1. The third-order valence-corrected chi connectivity index (χ3v) is 8.55. The quantitative estimate of drug-likeness (QED) is 0.173. The largest absolute Gasteiger partial charge is 0.492 e. The van der Waals surface area contributed by atoms with Gasteiger partial charge in [0.2, 0.25) is 10.0 Å². The summed E-state index contributed by atoms with van der Waals surface area (Å²) in [4.78, 5) is 15.9. The number of carbonyl (C=O) groups excluding carboxylic acids is 1. The van der Waals surface area contributed by atoms with Gasteiger partial charge in [-0.3, -0.25) is 14.5 Å². The summed E-state index contributed by atoms with van der Waals surface area (Å²) in [5.41, 5.74) is 13.6. The number of likely N-dealkylation sites (N-methyl/N-ethyl adjacent to an activating group) is 1. The van der Waals surface area contributed by atoms with Gasteiger partial charge in [0, 0.05) is 30.3 Å². The number of benzene rings is 3. The summed E-state index contributed by atoms with van der Waals surface area (Å²) in [5.74, 6) is -0.161. The molecule has 0 saturated heterocycles. The molecular weight excluding hydrogens is 629 g/mol. The number of methoxy groups -OCH3 is 1. The number of hydrogen-bond donors (Lipinski definition) is 4. The van der Waals surface area contributed by atoms with Crippen LogP contribution in [-0.2, 0) is 21.9 Å². The first-order valence-corrected chi connectivity index (χ1v) is 17.5. The number of aromatic nitrogens is 2. The molecule has 1 aromatic heterocycles. The second-order valence-corrected chi connectivity index (χ2v) is 14.9. The summed E-state index contributed by atoms with van der Waals surface area (Å²) < 4.78 is 34.4. The van der Waals surface area contributed by atoms with E-state index in [1.54, 1.807) is 18.2 Å².